The van der Waals surface area contributed by atoms with Crippen LogP contribution >= 0.6 is 0 Å². The maximum atomic E-state index is 13.9. The van der Waals surface area contributed by atoms with Gasteiger partial charge in [0.15, 0.2) is 0 Å². The lowest BCUT2D eigenvalue weighted by Gasteiger charge is -2.51. The maximum absolute atomic E-state index is 13.9. The Bertz CT molecular complexity index is 625. The van der Waals surface area contributed by atoms with Gasteiger partial charge in [0.05, 0.1) is 6.10 Å². The predicted octanol–water partition coefficient (Wildman–Crippen LogP) is 2.54. The van der Waals surface area contributed by atoms with Gasteiger partial charge in [-0.3, -0.25) is 19.5 Å². The van der Waals surface area contributed by atoms with E-state index in [-0.39, 0.29) is 18.0 Å². The SMILES string of the molecule is CC(C)(C)OC(=O)C(O[C@H]1CC[C@H]([C]=O)CC1)(N1CCCC1)N1CCN(C2CC2)CC1. The summed E-state index contributed by atoms with van der Waals surface area (Å²) < 4.78 is 12.9. The molecule has 0 spiro atoms. The predicted molar refractivity (Wildman–Crippen MR) is 118 cm³/mol. The molecule has 4 rings (SSSR count). The van der Waals surface area contributed by atoms with Gasteiger partial charge in [-0.2, -0.15) is 0 Å². The highest BCUT2D eigenvalue weighted by Gasteiger charge is 2.56. The molecule has 0 aromatic rings. The van der Waals surface area contributed by atoms with E-state index >= 15 is 0 Å². The number of rotatable bonds is 7. The van der Waals surface area contributed by atoms with Crippen LogP contribution in [-0.4, -0.2) is 89.8 Å². The van der Waals surface area contributed by atoms with E-state index in [9.17, 15) is 9.59 Å². The molecule has 0 aromatic carbocycles. The summed E-state index contributed by atoms with van der Waals surface area (Å²) in [6, 6.07) is 0.737. The van der Waals surface area contributed by atoms with Crippen molar-refractivity contribution in [3.8, 4) is 0 Å². The lowest BCUT2D eigenvalue weighted by molar-refractivity contribution is -0.281. The van der Waals surface area contributed by atoms with Crippen molar-refractivity contribution in [3.05, 3.63) is 0 Å². The molecule has 2 saturated carbocycles. The Morgan fingerprint density at radius 3 is 1.94 bits per heavy atom. The van der Waals surface area contributed by atoms with Crippen molar-refractivity contribution in [1.82, 2.24) is 14.7 Å². The molecule has 4 fully saturated rings. The van der Waals surface area contributed by atoms with E-state index in [2.05, 4.69) is 21.0 Å². The average molecular weight is 435 g/mol. The first-order valence-electron chi connectivity index (χ1n) is 12.3. The third-order valence-electron chi connectivity index (χ3n) is 7.18. The Morgan fingerprint density at radius 2 is 1.42 bits per heavy atom. The second-order valence-corrected chi connectivity index (χ2v) is 10.8. The average Bonchev–Trinajstić information content (AvgIpc) is 3.45. The minimum absolute atomic E-state index is 0.00431. The zero-order chi connectivity index (χ0) is 22.1. The number of hydrogen-bond donors (Lipinski definition) is 0. The summed E-state index contributed by atoms with van der Waals surface area (Å²) in [6.07, 6.45) is 10.0. The fraction of sp³-hybridized carbons (Fsp3) is 0.917. The van der Waals surface area contributed by atoms with Gasteiger partial charge in [-0.05, 0) is 72.1 Å². The van der Waals surface area contributed by atoms with Crippen molar-refractivity contribution in [2.45, 2.75) is 95.7 Å². The fourth-order valence-electron chi connectivity index (χ4n) is 5.38. The first-order chi connectivity index (χ1) is 14.8. The van der Waals surface area contributed by atoms with Crippen LogP contribution < -0.4 is 0 Å². The van der Waals surface area contributed by atoms with Crippen LogP contribution in [0.2, 0.25) is 0 Å². The third kappa shape index (κ3) is 5.32. The topological polar surface area (TPSA) is 62.3 Å². The summed E-state index contributed by atoms with van der Waals surface area (Å²) in [6.45, 7) is 11.0. The van der Waals surface area contributed by atoms with Gasteiger partial charge in [-0.1, -0.05) is 0 Å². The summed E-state index contributed by atoms with van der Waals surface area (Å²) in [5, 5.41) is 0. The largest absolute Gasteiger partial charge is 0.456 e. The molecule has 2 aliphatic carbocycles. The Labute approximate surface area is 187 Å². The minimum atomic E-state index is -1.16. The van der Waals surface area contributed by atoms with Crippen molar-refractivity contribution < 1.29 is 19.1 Å². The number of piperazine rings is 1. The monoisotopic (exact) mass is 434 g/mol. The standard InChI is InChI=1S/C24H40N3O4/c1-23(2,3)31-22(29)24(26-12-4-5-13-26,30-21-10-6-19(18-28)7-11-21)27-16-14-25(15-17-27)20-8-9-20/h19-21H,4-17H2,1-3H3/t19-,21-,24?. The number of ether oxygens (including phenoxy) is 2. The van der Waals surface area contributed by atoms with Gasteiger partial charge < -0.3 is 9.47 Å². The fourth-order valence-corrected chi connectivity index (χ4v) is 5.38. The number of esters is 1. The molecule has 7 nitrogen and oxygen atoms in total. The van der Waals surface area contributed by atoms with Gasteiger partial charge in [0.25, 0.3) is 5.85 Å². The van der Waals surface area contributed by atoms with Crippen LogP contribution in [0.5, 0.6) is 0 Å². The first-order valence-corrected chi connectivity index (χ1v) is 12.3. The van der Waals surface area contributed by atoms with Crippen molar-refractivity contribution >= 4 is 12.3 Å². The molecule has 1 unspecified atom stereocenters. The quantitative estimate of drug-likeness (QED) is 0.571. The maximum Gasteiger partial charge on any atom is 0.371 e. The molecule has 0 amide bonds. The molecule has 31 heavy (non-hydrogen) atoms. The Hall–Kier alpha value is -1.02. The number of hydrogen-bond acceptors (Lipinski definition) is 7. The molecule has 2 saturated heterocycles. The molecule has 4 aliphatic rings. The van der Waals surface area contributed by atoms with Crippen LogP contribution in [0.15, 0.2) is 0 Å². The number of nitrogens with zero attached hydrogens (tertiary/aromatic N) is 3. The molecule has 2 aliphatic heterocycles. The number of likely N-dealkylation sites (tertiary alicyclic amines) is 1. The van der Waals surface area contributed by atoms with Gasteiger partial charge in [0.1, 0.15) is 5.60 Å². The first kappa shape index (κ1) is 23.1. The Morgan fingerprint density at radius 1 is 0.839 bits per heavy atom. The second-order valence-electron chi connectivity index (χ2n) is 10.8. The van der Waals surface area contributed by atoms with Crippen molar-refractivity contribution in [2.75, 3.05) is 39.3 Å². The lowest BCUT2D eigenvalue weighted by atomic mass is 9.88. The molecule has 1 atom stereocenters. The highest BCUT2D eigenvalue weighted by atomic mass is 16.6. The summed E-state index contributed by atoms with van der Waals surface area (Å²) in [4.78, 5) is 32.0. The summed E-state index contributed by atoms with van der Waals surface area (Å²) in [5.41, 5.74) is -0.578. The number of carbonyl (C=O) groups is 1. The molecule has 1 radical (unpaired) electrons. The van der Waals surface area contributed by atoms with Gasteiger partial charge >= 0.3 is 5.97 Å². The van der Waals surface area contributed by atoms with E-state index in [0.29, 0.717) is 0 Å². The van der Waals surface area contributed by atoms with E-state index in [1.165, 1.54) is 12.8 Å². The molecule has 0 bridgehead atoms. The summed E-state index contributed by atoms with van der Waals surface area (Å²) in [7, 11) is 0. The summed E-state index contributed by atoms with van der Waals surface area (Å²) >= 11 is 0. The van der Waals surface area contributed by atoms with Crippen molar-refractivity contribution in [3.63, 3.8) is 0 Å². The normalized spacial score (nSPS) is 31.3. The van der Waals surface area contributed by atoms with Crippen LogP contribution in [0.25, 0.3) is 0 Å². The summed E-state index contributed by atoms with van der Waals surface area (Å²) in [5.74, 6) is -1.43. The molecule has 7 heteroatoms. The van der Waals surface area contributed by atoms with Gasteiger partial charge in [0.2, 0.25) is 6.29 Å². The van der Waals surface area contributed by atoms with E-state index in [1.54, 1.807) is 0 Å². The van der Waals surface area contributed by atoms with Crippen LogP contribution in [-0.2, 0) is 19.1 Å². The highest BCUT2D eigenvalue weighted by Crippen LogP contribution is 2.37. The van der Waals surface area contributed by atoms with Gasteiger partial charge in [-0.15, -0.1) is 0 Å². The molecular formula is C24H40N3O4. The van der Waals surface area contributed by atoms with E-state index < -0.39 is 11.4 Å². The third-order valence-corrected chi connectivity index (χ3v) is 7.18. The minimum Gasteiger partial charge on any atom is -0.456 e. The van der Waals surface area contributed by atoms with Crippen LogP contribution in [0.1, 0.15) is 72.1 Å². The molecule has 175 valence electrons. The smallest absolute Gasteiger partial charge is 0.371 e. The van der Waals surface area contributed by atoms with Crippen LogP contribution in [0, 0.1) is 5.92 Å². The Balaban J connectivity index is 1.59. The number of carbonyl (C=O) groups excluding carboxylic acids is 2. The van der Waals surface area contributed by atoms with Gasteiger partial charge in [-0.25, -0.2) is 4.79 Å². The van der Waals surface area contributed by atoms with Crippen LogP contribution in [0.4, 0.5) is 0 Å². The highest BCUT2D eigenvalue weighted by molar-refractivity contribution is 5.79. The van der Waals surface area contributed by atoms with Gasteiger partial charge in [0, 0.05) is 51.2 Å². The zero-order valence-corrected chi connectivity index (χ0v) is 19.6. The molecule has 0 N–H and O–H groups in total. The molecular weight excluding hydrogens is 394 g/mol. The van der Waals surface area contributed by atoms with Crippen molar-refractivity contribution in [2.24, 2.45) is 5.92 Å². The van der Waals surface area contributed by atoms with E-state index in [0.717, 1.165) is 83.8 Å². The van der Waals surface area contributed by atoms with E-state index in [1.807, 2.05) is 20.8 Å². The van der Waals surface area contributed by atoms with Crippen LogP contribution in [0.3, 0.4) is 0 Å². The molecule has 0 aromatic heterocycles. The second kappa shape index (κ2) is 9.46. The zero-order valence-electron chi connectivity index (χ0n) is 19.6. The molecule has 2 heterocycles. The van der Waals surface area contributed by atoms with Crippen molar-refractivity contribution in [1.29, 1.82) is 0 Å². The van der Waals surface area contributed by atoms with E-state index in [4.69, 9.17) is 9.47 Å². The lowest BCUT2D eigenvalue weighted by Crippen LogP contribution is -2.71. The Kier molecular flexibility index (Phi) is 7.06.